The van der Waals surface area contributed by atoms with Gasteiger partial charge in [0.1, 0.15) is 0 Å². The molecule has 0 aliphatic carbocycles. The van der Waals surface area contributed by atoms with E-state index in [1.165, 1.54) is 6.07 Å². The predicted octanol–water partition coefficient (Wildman–Crippen LogP) is 2.43. The monoisotopic (exact) mass is 277 g/mol. The third kappa shape index (κ3) is 3.05. The first-order valence-electron chi connectivity index (χ1n) is 5.92. The maximum Gasteiger partial charge on any atom is 0.175 e. The van der Waals surface area contributed by atoms with Gasteiger partial charge in [-0.25, -0.2) is 8.78 Å². The van der Waals surface area contributed by atoms with E-state index in [-0.39, 0.29) is 5.84 Å². The molecule has 1 aromatic carbocycles. The number of hydrazone groups is 1. The normalized spacial score (nSPS) is 16.0. The zero-order valence-electron chi connectivity index (χ0n) is 10.6. The molecule has 7 heteroatoms. The lowest BCUT2D eigenvalue weighted by atomic mass is 10.1. The molecule has 0 saturated heterocycles. The van der Waals surface area contributed by atoms with E-state index in [0.717, 1.165) is 12.1 Å². The molecule has 0 bridgehead atoms. The van der Waals surface area contributed by atoms with Crippen molar-refractivity contribution >= 4 is 22.9 Å². The minimum atomic E-state index is -0.955. The van der Waals surface area contributed by atoms with Crippen molar-refractivity contribution in [1.82, 2.24) is 0 Å². The van der Waals surface area contributed by atoms with E-state index >= 15 is 0 Å². The van der Waals surface area contributed by atoms with Gasteiger partial charge in [-0.2, -0.15) is 10.2 Å². The molecule has 20 heavy (non-hydrogen) atoms. The molecule has 0 atom stereocenters. The SMILES string of the molecule is C=CCCC1=NN=C(N)/C1=N/Nc1ccc(F)c(F)c1. The summed E-state index contributed by atoms with van der Waals surface area (Å²) in [5.74, 6) is -1.69. The van der Waals surface area contributed by atoms with E-state index in [1.54, 1.807) is 6.08 Å². The third-order valence-electron chi connectivity index (χ3n) is 2.60. The average Bonchev–Trinajstić information content (AvgIpc) is 2.78. The summed E-state index contributed by atoms with van der Waals surface area (Å²) in [4.78, 5) is 0. The van der Waals surface area contributed by atoms with E-state index in [1.807, 2.05) is 0 Å². The molecule has 0 spiro atoms. The van der Waals surface area contributed by atoms with Gasteiger partial charge < -0.3 is 5.73 Å². The maximum atomic E-state index is 13.1. The van der Waals surface area contributed by atoms with Gasteiger partial charge in [0.2, 0.25) is 0 Å². The molecule has 5 nitrogen and oxygen atoms in total. The Hall–Kier alpha value is -2.57. The summed E-state index contributed by atoms with van der Waals surface area (Å²) in [6.07, 6.45) is 3.06. The van der Waals surface area contributed by atoms with Crippen LogP contribution in [0.4, 0.5) is 14.5 Å². The van der Waals surface area contributed by atoms with Crippen LogP contribution in [-0.2, 0) is 0 Å². The molecule has 0 unspecified atom stereocenters. The van der Waals surface area contributed by atoms with Crippen molar-refractivity contribution in [2.75, 3.05) is 5.43 Å². The molecule has 0 fully saturated rings. The Kier molecular flexibility index (Phi) is 4.19. The van der Waals surface area contributed by atoms with Crippen LogP contribution in [-0.4, -0.2) is 17.3 Å². The summed E-state index contributed by atoms with van der Waals surface area (Å²) in [6.45, 7) is 3.62. The number of rotatable bonds is 5. The molecule has 0 aromatic heterocycles. The number of amidine groups is 1. The summed E-state index contributed by atoms with van der Waals surface area (Å²) in [5, 5.41) is 11.7. The standard InChI is InChI=1S/C13H13F2N5/c1-2-3-4-11-12(13(16)20-18-11)19-17-8-5-6-9(14)10(15)7-8/h2,5-7,17H,1,3-4H2,(H2,16,19,20). The Morgan fingerprint density at radius 2 is 2.10 bits per heavy atom. The number of nitrogens with one attached hydrogen (secondary N) is 1. The predicted molar refractivity (Wildman–Crippen MR) is 75.9 cm³/mol. The van der Waals surface area contributed by atoms with Crippen LogP contribution in [0.2, 0.25) is 0 Å². The second-order valence-electron chi connectivity index (χ2n) is 4.06. The fraction of sp³-hybridized carbons (Fsp3) is 0.154. The number of halogens is 2. The highest BCUT2D eigenvalue weighted by atomic mass is 19.2. The lowest BCUT2D eigenvalue weighted by Gasteiger charge is -2.04. The number of nitrogens with zero attached hydrogens (tertiary/aromatic N) is 3. The molecule has 0 saturated carbocycles. The smallest absolute Gasteiger partial charge is 0.175 e. The first-order valence-corrected chi connectivity index (χ1v) is 5.92. The van der Waals surface area contributed by atoms with Gasteiger partial charge in [0.05, 0.1) is 11.4 Å². The highest BCUT2D eigenvalue weighted by Crippen LogP contribution is 2.13. The minimum Gasteiger partial charge on any atom is -0.380 e. The Bertz CT molecular complexity index is 619. The van der Waals surface area contributed by atoms with Gasteiger partial charge in [-0.15, -0.1) is 11.7 Å². The molecular formula is C13H13F2N5. The molecule has 0 amide bonds. The van der Waals surface area contributed by atoms with E-state index in [4.69, 9.17) is 5.73 Å². The molecular weight excluding hydrogens is 264 g/mol. The number of hydrogen-bond donors (Lipinski definition) is 2. The van der Waals surface area contributed by atoms with Crippen molar-refractivity contribution in [2.45, 2.75) is 12.8 Å². The van der Waals surface area contributed by atoms with Gasteiger partial charge in [-0.1, -0.05) is 6.08 Å². The van der Waals surface area contributed by atoms with Crippen LogP contribution in [0.3, 0.4) is 0 Å². The molecule has 1 aliphatic rings. The van der Waals surface area contributed by atoms with Gasteiger partial charge in [0, 0.05) is 6.07 Å². The van der Waals surface area contributed by atoms with Gasteiger partial charge in [-0.05, 0) is 25.0 Å². The molecule has 1 heterocycles. The molecule has 1 aromatic rings. The molecule has 3 N–H and O–H groups in total. The average molecular weight is 277 g/mol. The summed E-state index contributed by atoms with van der Waals surface area (Å²) < 4.78 is 25.9. The van der Waals surface area contributed by atoms with Crippen LogP contribution in [0.25, 0.3) is 0 Å². The Morgan fingerprint density at radius 3 is 2.80 bits per heavy atom. The summed E-state index contributed by atoms with van der Waals surface area (Å²) in [5.41, 5.74) is 9.60. The van der Waals surface area contributed by atoms with Crippen LogP contribution >= 0.6 is 0 Å². The fourth-order valence-electron chi connectivity index (χ4n) is 1.57. The van der Waals surface area contributed by atoms with Crippen LogP contribution in [0.5, 0.6) is 0 Å². The zero-order chi connectivity index (χ0) is 14.5. The number of nitrogens with two attached hydrogens (primary N) is 1. The summed E-state index contributed by atoms with van der Waals surface area (Å²) in [6, 6.07) is 3.38. The van der Waals surface area contributed by atoms with Crippen molar-refractivity contribution < 1.29 is 8.78 Å². The first kappa shape index (κ1) is 13.9. The summed E-state index contributed by atoms with van der Waals surface area (Å²) in [7, 11) is 0. The highest BCUT2D eigenvalue weighted by Gasteiger charge is 2.19. The minimum absolute atomic E-state index is 0.180. The maximum absolute atomic E-state index is 13.1. The zero-order valence-corrected chi connectivity index (χ0v) is 10.6. The lowest BCUT2D eigenvalue weighted by Crippen LogP contribution is -2.28. The Morgan fingerprint density at radius 1 is 1.30 bits per heavy atom. The van der Waals surface area contributed by atoms with Gasteiger partial charge >= 0.3 is 0 Å². The Labute approximate surface area is 114 Å². The van der Waals surface area contributed by atoms with E-state index in [0.29, 0.717) is 30.0 Å². The van der Waals surface area contributed by atoms with Crippen molar-refractivity contribution in [3.63, 3.8) is 0 Å². The van der Waals surface area contributed by atoms with Gasteiger partial charge in [0.15, 0.2) is 23.2 Å². The van der Waals surface area contributed by atoms with E-state index < -0.39 is 11.6 Å². The van der Waals surface area contributed by atoms with Crippen LogP contribution in [0.1, 0.15) is 12.8 Å². The van der Waals surface area contributed by atoms with Gasteiger partial charge in [0.25, 0.3) is 0 Å². The topological polar surface area (TPSA) is 75.1 Å². The first-order chi connectivity index (χ1) is 9.61. The number of hydrogen-bond acceptors (Lipinski definition) is 5. The highest BCUT2D eigenvalue weighted by molar-refractivity contribution is 6.69. The van der Waals surface area contributed by atoms with Gasteiger partial charge in [-0.3, -0.25) is 5.43 Å². The second-order valence-corrected chi connectivity index (χ2v) is 4.06. The quantitative estimate of drug-likeness (QED) is 0.640. The van der Waals surface area contributed by atoms with Crippen molar-refractivity contribution in [3.05, 3.63) is 42.5 Å². The van der Waals surface area contributed by atoms with Crippen LogP contribution in [0.15, 0.2) is 46.2 Å². The number of anilines is 1. The van der Waals surface area contributed by atoms with Crippen molar-refractivity contribution in [2.24, 2.45) is 21.0 Å². The molecule has 2 rings (SSSR count). The Balaban J connectivity index is 2.12. The lowest BCUT2D eigenvalue weighted by molar-refractivity contribution is 0.509. The fourth-order valence-corrected chi connectivity index (χ4v) is 1.57. The second kappa shape index (κ2) is 6.05. The molecule has 0 radical (unpaired) electrons. The summed E-state index contributed by atoms with van der Waals surface area (Å²) >= 11 is 0. The number of allylic oxidation sites excluding steroid dienone is 1. The van der Waals surface area contributed by atoms with E-state index in [9.17, 15) is 8.78 Å². The van der Waals surface area contributed by atoms with Crippen molar-refractivity contribution in [3.8, 4) is 0 Å². The van der Waals surface area contributed by atoms with E-state index in [2.05, 4.69) is 27.3 Å². The largest absolute Gasteiger partial charge is 0.380 e. The van der Waals surface area contributed by atoms with Crippen LogP contribution < -0.4 is 11.2 Å². The third-order valence-corrected chi connectivity index (χ3v) is 2.60. The molecule has 1 aliphatic heterocycles. The number of benzene rings is 1. The molecule has 104 valence electrons. The van der Waals surface area contributed by atoms with Crippen LogP contribution in [0, 0.1) is 11.6 Å². The van der Waals surface area contributed by atoms with Crippen molar-refractivity contribution in [1.29, 1.82) is 0 Å².